The summed E-state index contributed by atoms with van der Waals surface area (Å²) in [4.78, 5) is 9.31. The van der Waals surface area contributed by atoms with Gasteiger partial charge in [0, 0.05) is 67.1 Å². The number of sulfonamides is 1. The quantitative estimate of drug-likeness (QED) is 0.0548. The number of sulfone groups is 1. The predicted molar refractivity (Wildman–Crippen MR) is 335 cm³/mol. The molecule has 2 fully saturated rings. The van der Waals surface area contributed by atoms with E-state index in [1.807, 2.05) is 76.5 Å². The molecule has 3 aromatic carbocycles. The van der Waals surface area contributed by atoms with Crippen molar-refractivity contribution in [3.63, 3.8) is 0 Å². The van der Waals surface area contributed by atoms with E-state index < -0.39 is 28.9 Å². The Morgan fingerprint density at radius 3 is 1.48 bits per heavy atom. The van der Waals surface area contributed by atoms with Crippen molar-refractivity contribution in [2.45, 2.75) is 126 Å². The van der Waals surface area contributed by atoms with Crippen LogP contribution in [0.4, 0.5) is 0 Å². The Morgan fingerprint density at radius 1 is 0.602 bits per heavy atom. The Balaban J connectivity index is 0.000000155. The van der Waals surface area contributed by atoms with Gasteiger partial charge in [-0.15, -0.1) is 11.6 Å². The number of benzene rings is 3. The monoisotopic (exact) mass is 1280 g/mol. The zero-order valence-corrected chi connectivity index (χ0v) is 53.2. The van der Waals surface area contributed by atoms with E-state index >= 15 is 0 Å². The molecule has 0 saturated heterocycles. The minimum absolute atomic E-state index is 0.0100. The lowest BCUT2D eigenvalue weighted by molar-refractivity contribution is 0.580. The molecule has 0 atom stereocenters. The minimum atomic E-state index is -3.74. The normalized spacial score (nSPS) is 12.9. The van der Waals surface area contributed by atoms with E-state index in [4.69, 9.17) is 43.8 Å². The van der Waals surface area contributed by atoms with Crippen molar-refractivity contribution < 1.29 is 25.3 Å². The SMILES string of the molecule is Cc1cc(C#N)cc(C)c1CCS(=O)(=O)c1cn[nH]c1.Cc1cc(C#N)cc(C)c1CN.Cc1cc(C#N)cc(C)c1CNS(=O)(=O)c1cnn(Cc2cn3cc(C4CC4)ccc3n2)c1.ClCc1cn2cc(C3CC3)ccc2n1.O=S(=O)(Cl)c1cn[nH]c1. The van der Waals surface area contributed by atoms with Gasteiger partial charge in [0.2, 0.25) is 10.0 Å². The summed E-state index contributed by atoms with van der Waals surface area (Å²) in [7, 11) is -5.73. The maximum atomic E-state index is 12.8. The van der Waals surface area contributed by atoms with Gasteiger partial charge in [0.1, 0.15) is 26.0 Å². The highest BCUT2D eigenvalue weighted by molar-refractivity contribution is 8.13. The van der Waals surface area contributed by atoms with Gasteiger partial charge in [0.05, 0.1) is 83.1 Å². The van der Waals surface area contributed by atoms with Crippen LogP contribution in [0.15, 0.2) is 137 Å². The highest BCUT2D eigenvalue weighted by Gasteiger charge is 2.25. The van der Waals surface area contributed by atoms with Gasteiger partial charge in [-0.25, -0.2) is 39.9 Å². The molecule has 7 heterocycles. The molecule has 2 saturated carbocycles. The smallest absolute Gasteiger partial charge is 0.264 e. The number of nitrogens with one attached hydrogen (secondary N) is 3. The molecule has 0 radical (unpaired) electrons. The summed E-state index contributed by atoms with van der Waals surface area (Å²) in [6.45, 7) is 12.6. The van der Waals surface area contributed by atoms with Crippen molar-refractivity contribution >= 4 is 62.5 Å². The molecule has 7 aromatic heterocycles. The topological polar surface area (TPSA) is 322 Å². The van der Waals surface area contributed by atoms with Crippen molar-refractivity contribution in [1.82, 2.24) is 53.7 Å². The van der Waals surface area contributed by atoms with Gasteiger partial charge in [-0.3, -0.25) is 14.9 Å². The number of pyridine rings is 2. The van der Waals surface area contributed by atoms with Crippen LogP contribution in [-0.2, 0) is 60.8 Å². The Labute approximate surface area is 521 Å². The van der Waals surface area contributed by atoms with Crippen molar-refractivity contribution in [2.75, 3.05) is 5.75 Å². The molecule has 88 heavy (non-hydrogen) atoms. The molecule has 2 aliphatic carbocycles. The third-order valence-electron chi connectivity index (χ3n) is 14.9. The molecule has 456 valence electrons. The van der Waals surface area contributed by atoms with Crippen LogP contribution in [-0.4, -0.2) is 80.0 Å². The number of nitrogens with zero attached hydrogens (tertiary/aromatic N) is 11. The van der Waals surface area contributed by atoms with Crippen LogP contribution >= 0.6 is 22.3 Å². The van der Waals surface area contributed by atoms with Crippen molar-refractivity contribution in [3.8, 4) is 18.2 Å². The molecular formula is C62H65Cl2N15O6S3. The summed E-state index contributed by atoms with van der Waals surface area (Å²) in [6.07, 6.45) is 21.8. The summed E-state index contributed by atoms with van der Waals surface area (Å²) >= 11 is 5.74. The van der Waals surface area contributed by atoms with Gasteiger partial charge in [-0.05, 0) is 195 Å². The molecule has 0 spiro atoms. The van der Waals surface area contributed by atoms with E-state index in [-0.39, 0.29) is 27.0 Å². The molecule has 0 bridgehead atoms. The maximum absolute atomic E-state index is 12.8. The molecule has 21 nitrogen and oxygen atoms in total. The van der Waals surface area contributed by atoms with E-state index in [1.165, 1.54) is 67.8 Å². The number of alkyl halides is 1. The summed E-state index contributed by atoms with van der Waals surface area (Å²) in [5, 5.41) is 42.8. The van der Waals surface area contributed by atoms with Crippen molar-refractivity contribution in [3.05, 3.63) is 212 Å². The maximum Gasteiger partial charge on any atom is 0.264 e. The van der Waals surface area contributed by atoms with E-state index in [0.29, 0.717) is 48.0 Å². The second kappa shape index (κ2) is 28.5. The first-order chi connectivity index (χ1) is 41.9. The number of aromatic nitrogens is 10. The zero-order chi connectivity index (χ0) is 63.5. The summed E-state index contributed by atoms with van der Waals surface area (Å²) in [5.74, 6) is 1.98. The fourth-order valence-corrected chi connectivity index (χ4v) is 12.7. The molecule has 10 aromatic rings. The van der Waals surface area contributed by atoms with Crippen LogP contribution in [0.1, 0.15) is 127 Å². The van der Waals surface area contributed by atoms with Crippen LogP contribution < -0.4 is 10.5 Å². The number of aromatic amines is 2. The lowest BCUT2D eigenvalue weighted by Crippen LogP contribution is -2.24. The number of fused-ring (bicyclic) bond motifs is 2. The number of nitrogens with two attached hydrogens (primary N) is 1. The first-order valence-corrected chi connectivity index (χ1v) is 33.8. The van der Waals surface area contributed by atoms with Crippen LogP contribution in [0.3, 0.4) is 0 Å². The summed E-state index contributed by atoms with van der Waals surface area (Å²) in [5.41, 5.74) is 22.7. The molecule has 0 unspecified atom stereocenters. The predicted octanol–water partition coefficient (Wildman–Crippen LogP) is 10.3. The number of imidazole rings is 2. The van der Waals surface area contributed by atoms with Gasteiger partial charge in [0.15, 0.2) is 9.84 Å². The van der Waals surface area contributed by atoms with Gasteiger partial charge in [-0.2, -0.15) is 31.1 Å². The van der Waals surface area contributed by atoms with Gasteiger partial charge < -0.3 is 14.5 Å². The van der Waals surface area contributed by atoms with Crippen molar-refractivity contribution in [1.29, 1.82) is 15.8 Å². The Hall–Kier alpha value is -8.51. The van der Waals surface area contributed by atoms with E-state index in [2.05, 4.69) is 93.4 Å². The molecule has 26 heteroatoms. The first-order valence-electron chi connectivity index (χ1n) is 27.8. The van der Waals surface area contributed by atoms with Crippen LogP contribution in [0.25, 0.3) is 11.3 Å². The second-order valence-electron chi connectivity index (χ2n) is 21.5. The molecular weight excluding hydrogens is 1220 g/mol. The number of halogens is 2. The Bertz CT molecular complexity index is 4540. The molecule has 0 aliphatic heterocycles. The standard InChI is InChI=1S/C24H24N6O2S.C14H15N3O2S.C11H11ClN2.C10H12N2.C3H3ClN2O2S/c1-16-7-18(9-25)8-17(2)23(16)11-27-33(31,32)22-10-26-30(15-22)14-21-13-29-12-20(19-3-4-19)5-6-24(29)28-21;1-10-5-12(7-15)6-11(2)14(10)3-4-20(18,19)13-8-16-17-9-13;12-5-10-7-14-6-9(8-1-2-8)3-4-11(14)13-10;1-7-3-9(5-11)4-8(2)10(7)6-12;4-9(7,8)3-1-5-6-2-3/h5-8,10,12-13,15,19,27H,3-4,11,14H2,1-2H3;5-6,8-9H,3-4H2,1-2H3,(H,16,17);3-4,6-8H,1-2,5H2;3-4H,6,12H2,1-2H3;1-2H,(H,5,6). The highest BCUT2D eigenvalue weighted by atomic mass is 35.7. The minimum Gasteiger partial charge on any atom is -0.326 e. The third-order valence-corrected chi connectivity index (χ3v) is 19.5. The molecule has 0 amide bonds. The number of rotatable bonds is 15. The van der Waals surface area contributed by atoms with Gasteiger partial charge in [0.25, 0.3) is 9.05 Å². The zero-order valence-electron chi connectivity index (χ0n) is 49.2. The fraction of sp³-hybridized carbons (Fsp3) is 0.290. The Morgan fingerprint density at radius 2 is 1.06 bits per heavy atom. The van der Waals surface area contributed by atoms with Gasteiger partial charge >= 0.3 is 0 Å². The fourth-order valence-electron chi connectivity index (χ4n) is 9.87. The second-order valence-corrected chi connectivity index (χ2v) is 28.2. The number of nitriles is 3. The number of H-pyrrole nitrogens is 2. The Kier molecular flexibility index (Phi) is 21.2. The largest absolute Gasteiger partial charge is 0.326 e. The average Bonchev–Trinajstić information content (AvgIpc) is 3.33. The number of hydrogen-bond acceptors (Lipinski definition) is 15. The summed E-state index contributed by atoms with van der Waals surface area (Å²) < 4.78 is 79.0. The lowest BCUT2D eigenvalue weighted by Gasteiger charge is -2.11. The number of aryl methyl sites for hydroxylation is 6. The van der Waals surface area contributed by atoms with Crippen molar-refractivity contribution in [2.24, 2.45) is 5.73 Å². The summed E-state index contributed by atoms with van der Waals surface area (Å²) in [6, 6.07) is 25.6. The lowest BCUT2D eigenvalue weighted by atomic mass is 9.98. The molecule has 12 rings (SSSR count). The highest BCUT2D eigenvalue weighted by Crippen LogP contribution is 2.41. The van der Waals surface area contributed by atoms with E-state index in [9.17, 15) is 25.3 Å². The average molecular weight is 1280 g/mol. The number of hydrogen-bond donors (Lipinski definition) is 4. The van der Waals surface area contributed by atoms with Crippen LogP contribution in [0, 0.1) is 75.5 Å². The van der Waals surface area contributed by atoms with E-state index in [1.54, 1.807) is 28.9 Å². The van der Waals surface area contributed by atoms with Crippen LogP contribution in [0.5, 0.6) is 0 Å². The van der Waals surface area contributed by atoms with Crippen LogP contribution in [0.2, 0.25) is 0 Å². The first kappa shape index (κ1) is 65.5. The molecule has 2 aliphatic rings. The van der Waals surface area contributed by atoms with Gasteiger partial charge in [-0.1, -0.05) is 12.1 Å². The van der Waals surface area contributed by atoms with E-state index in [0.717, 1.165) is 84.9 Å². The third kappa shape index (κ3) is 17.2. The molecule has 5 N–H and O–H groups in total.